The summed E-state index contributed by atoms with van der Waals surface area (Å²) in [7, 11) is 1.78. The minimum atomic E-state index is -0.0799. The van der Waals surface area contributed by atoms with Crippen molar-refractivity contribution in [3.63, 3.8) is 0 Å². The molecule has 1 saturated heterocycles. The lowest BCUT2D eigenvalue weighted by Crippen LogP contribution is -2.43. The second kappa shape index (κ2) is 8.77. The number of aryl methyl sites for hydroxylation is 2. The molecular weight excluding hydrogens is 292 g/mol. The summed E-state index contributed by atoms with van der Waals surface area (Å²) < 4.78 is 11.4. The van der Waals surface area contributed by atoms with E-state index in [0.717, 1.165) is 30.8 Å². The molecule has 1 aromatic rings. The molecule has 5 nitrogen and oxygen atoms in total. The minimum Gasteiger partial charge on any atom is -0.491 e. The predicted molar refractivity (Wildman–Crippen MR) is 91.0 cm³/mol. The second-order valence-electron chi connectivity index (χ2n) is 6.21. The molecule has 0 aromatic heterocycles. The highest BCUT2D eigenvalue weighted by molar-refractivity contribution is 5.73. The fourth-order valence-corrected chi connectivity index (χ4v) is 2.56. The van der Waals surface area contributed by atoms with Crippen LogP contribution in [0.4, 0.5) is 4.79 Å². The molecule has 5 heteroatoms. The van der Waals surface area contributed by atoms with Crippen molar-refractivity contribution in [3.8, 4) is 5.75 Å². The largest absolute Gasteiger partial charge is 0.491 e. The zero-order chi connectivity index (χ0) is 16.7. The fraction of sp³-hybridized carbons (Fsp3) is 0.611. The van der Waals surface area contributed by atoms with E-state index in [9.17, 15) is 4.79 Å². The van der Waals surface area contributed by atoms with Crippen molar-refractivity contribution >= 4 is 6.03 Å². The van der Waals surface area contributed by atoms with Crippen LogP contribution in [0.25, 0.3) is 0 Å². The van der Waals surface area contributed by atoms with Gasteiger partial charge in [0.1, 0.15) is 12.4 Å². The zero-order valence-electron chi connectivity index (χ0n) is 14.4. The maximum absolute atomic E-state index is 12.1. The number of carbonyl (C=O) groups is 1. The van der Waals surface area contributed by atoms with Crippen molar-refractivity contribution < 1.29 is 14.3 Å². The van der Waals surface area contributed by atoms with Crippen LogP contribution in [0.3, 0.4) is 0 Å². The average molecular weight is 320 g/mol. The summed E-state index contributed by atoms with van der Waals surface area (Å²) in [5.74, 6) is 0.884. The van der Waals surface area contributed by atoms with Crippen LogP contribution in [0.15, 0.2) is 18.2 Å². The van der Waals surface area contributed by atoms with Gasteiger partial charge in [-0.15, -0.1) is 0 Å². The molecule has 1 atom stereocenters. The van der Waals surface area contributed by atoms with Gasteiger partial charge in [-0.05, 0) is 50.3 Å². The Morgan fingerprint density at radius 1 is 1.39 bits per heavy atom. The van der Waals surface area contributed by atoms with Gasteiger partial charge < -0.3 is 19.7 Å². The summed E-state index contributed by atoms with van der Waals surface area (Å²) in [6.45, 7) is 6.48. The number of carbonyl (C=O) groups excluding carboxylic acids is 1. The molecule has 1 fully saturated rings. The van der Waals surface area contributed by atoms with Gasteiger partial charge in [0.05, 0.1) is 12.6 Å². The molecule has 0 unspecified atom stereocenters. The molecule has 0 aliphatic carbocycles. The van der Waals surface area contributed by atoms with E-state index < -0.39 is 0 Å². The van der Waals surface area contributed by atoms with Crippen molar-refractivity contribution in [2.24, 2.45) is 0 Å². The Balaban J connectivity index is 1.68. The van der Waals surface area contributed by atoms with E-state index in [1.807, 2.05) is 26.0 Å². The van der Waals surface area contributed by atoms with Crippen molar-refractivity contribution in [3.05, 3.63) is 29.3 Å². The minimum absolute atomic E-state index is 0.0799. The first-order chi connectivity index (χ1) is 11.1. The van der Waals surface area contributed by atoms with E-state index in [2.05, 4.69) is 11.4 Å². The summed E-state index contributed by atoms with van der Waals surface area (Å²) in [6, 6.07) is 6.06. The van der Waals surface area contributed by atoms with Gasteiger partial charge in [-0.1, -0.05) is 12.1 Å². The predicted octanol–water partition coefficient (Wildman–Crippen LogP) is 2.89. The first kappa shape index (κ1) is 17.6. The number of nitrogens with zero attached hydrogens (tertiary/aromatic N) is 1. The number of ether oxygens (including phenoxy) is 2. The Labute approximate surface area is 139 Å². The van der Waals surface area contributed by atoms with Crippen LogP contribution in [0, 0.1) is 13.8 Å². The third-order valence-corrected chi connectivity index (χ3v) is 4.13. The molecule has 1 aromatic carbocycles. The highest BCUT2D eigenvalue weighted by Crippen LogP contribution is 2.18. The number of rotatable bonds is 6. The number of amides is 2. The van der Waals surface area contributed by atoms with Gasteiger partial charge in [0.15, 0.2) is 0 Å². The molecular formula is C18H28N2O3. The Hall–Kier alpha value is -1.75. The maximum atomic E-state index is 12.1. The number of hydrogen-bond donors (Lipinski definition) is 1. The Morgan fingerprint density at radius 2 is 2.22 bits per heavy atom. The molecule has 0 bridgehead atoms. The number of benzene rings is 1. The van der Waals surface area contributed by atoms with E-state index in [0.29, 0.717) is 19.7 Å². The van der Waals surface area contributed by atoms with Crippen molar-refractivity contribution in [2.75, 3.05) is 33.4 Å². The molecule has 1 N–H and O–H groups in total. The maximum Gasteiger partial charge on any atom is 0.317 e. The van der Waals surface area contributed by atoms with E-state index in [1.165, 1.54) is 12.0 Å². The van der Waals surface area contributed by atoms with Crippen molar-refractivity contribution in [2.45, 2.75) is 39.2 Å². The lowest BCUT2D eigenvalue weighted by atomic mass is 10.1. The number of nitrogens with one attached hydrogen (secondary N) is 1. The zero-order valence-corrected chi connectivity index (χ0v) is 14.4. The molecule has 1 aliphatic rings. The highest BCUT2D eigenvalue weighted by Gasteiger charge is 2.16. The van der Waals surface area contributed by atoms with Crippen LogP contribution in [0.1, 0.15) is 30.4 Å². The SMILES string of the molecule is Cc1ccc(C)c(OCCN(C)C(=O)NC[C@@H]2CCCCO2)c1. The van der Waals surface area contributed by atoms with Gasteiger partial charge in [0.25, 0.3) is 0 Å². The van der Waals surface area contributed by atoms with Gasteiger partial charge in [-0.3, -0.25) is 0 Å². The molecule has 0 spiro atoms. The quantitative estimate of drug-likeness (QED) is 0.877. The third kappa shape index (κ3) is 5.75. The van der Waals surface area contributed by atoms with Crippen LogP contribution < -0.4 is 10.1 Å². The standard InChI is InChI=1S/C18H28N2O3/c1-14-7-8-15(2)17(12-14)23-11-9-20(3)18(21)19-13-16-6-4-5-10-22-16/h7-8,12,16H,4-6,9-11,13H2,1-3H3,(H,19,21)/t16-/m0/s1. The second-order valence-corrected chi connectivity index (χ2v) is 6.21. The van der Waals surface area contributed by atoms with Crippen LogP contribution in [-0.2, 0) is 4.74 Å². The summed E-state index contributed by atoms with van der Waals surface area (Å²) in [5, 5.41) is 2.93. The first-order valence-electron chi connectivity index (χ1n) is 8.37. The van der Waals surface area contributed by atoms with Crippen LogP contribution in [0.2, 0.25) is 0 Å². The number of likely N-dealkylation sites (N-methyl/N-ethyl adjacent to an activating group) is 1. The highest BCUT2D eigenvalue weighted by atomic mass is 16.5. The van der Waals surface area contributed by atoms with E-state index in [-0.39, 0.29) is 12.1 Å². The monoisotopic (exact) mass is 320 g/mol. The van der Waals surface area contributed by atoms with Gasteiger partial charge in [-0.25, -0.2) is 4.79 Å². The summed E-state index contributed by atoms with van der Waals surface area (Å²) in [6.07, 6.45) is 3.49. The molecule has 1 aliphatic heterocycles. The summed E-state index contributed by atoms with van der Waals surface area (Å²) >= 11 is 0. The van der Waals surface area contributed by atoms with E-state index in [1.54, 1.807) is 11.9 Å². The van der Waals surface area contributed by atoms with E-state index in [4.69, 9.17) is 9.47 Å². The smallest absolute Gasteiger partial charge is 0.317 e. The Kier molecular flexibility index (Phi) is 6.71. The van der Waals surface area contributed by atoms with Gasteiger partial charge in [0, 0.05) is 20.2 Å². The molecule has 2 amide bonds. The number of urea groups is 1. The van der Waals surface area contributed by atoms with Crippen LogP contribution in [-0.4, -0.2) is 50.4 Å². The summed E-state index contributed by atoms with van der Waals surface area (Å²) in [4.78, 5) is 13.7. The molecule has 128 valence electrons. The molecule has 1 heterocycles. The normalized spacial score (nSPS) is 17.6. The number of hydrogen-bond acceptors (Lipinski definition) is 3. The Morgan fingerprint density at radius 3 is 2.96 bits per heavy atom. The van der Waals surface area contributed by atoms with Crippen molar-refractivity contribution in [1.29, 1.82) is 0 Å². The molecule has 2 rings (SSSR count). The topological polar surface area (TPSA) is 50.8 Å². The first-order valence-corrected chi connectivity index (χ1v) is 8.37. The van der Waals surface area contributed by atoms with Gasteiger partial charge in [0.2, 0.25) is 0 Å². The Bertz CT molecular complexity index is 513. The van der Waals surface area contributed by atoms with E-state index >= 15 is 0 Å². The fourth-order valence-electron chi connectivity index (χ4n) is 2.56. The molecule has 23 heavy (non-hydrogen) atoms. The third-order valence-electron chi connectivity index (χ3n) is 4.13. The van der Waals surface area contributed by atoms with Crippen molar-refractivity contribution in [1.82, 2.24) is 10.2 Å². The average Bonchev–Trinajstić information content (AvgIpc) is 2.56. The lowest BCUT2D eigenvalue weighted by Gasteiger charge is -2.24. The molecule has 0 saturated carbocycles. The summed E-state index contributed by atoms with van der Waals surface area (Å²) in [5.41, 5.74) is 2.28. The van der Waals surface area contributed by atoms with Gasteiger partial charge in [-0.2, -0.15) is 0 Å². The van der Waals surface area contributed by atoms with Crippen LogP contribution in [0.5, 0.6) is 5.75 Å². The molecule has 0 radical (unpaired) electrons. The lowest BCUT2D eigenvalue weighted by molar-refractivity contribution is 0.0178. The van der Waals surface area contributed by atoms with Gasteiger partial charge >= 0.3 is 6.03 Å². The van der Waals surface area contributed by atoms with Crippen LogP contribution >= 0.6 is 0 Å².